The van der Waals surface area contributed by atoms with Gasteiger partial charge < -0.3 is 47.7 Å². The first kappa shape index (κ1) is 41.8. The Morgan fingerprint density at radius 2 is 0.741 bits per heavy atom. The van der Waals surface area contributed by atoms with Crippen LogP contribution in [0.2, 0.25) is 0 Å². The minimum Gasteiger partial charge on any atom is -0.394 e. The fourth-order valence-electron chi connectivity index (χ4n) is 7.41. The van der Waals surface area contributed by atoms with Crippen molar-refractivity contribution in [1.82, 2.24) is 0 Å². The normalized spacial score (nSPS) is 27.3. The van der Waals surface area contributed by atoms with Gasteiger partial charge in [-0.3, -0.25) is 0 Å². The molecule has 0 bridgehead atoms. The highest BCUT2D eigenvalue weighted by Crippen LogP contribution is 2.36. The van der Waals surface area contributed by atoms with Crippen LogP contribution in [0, 0.1) is 0 Å². The van der Waals surface area contributed by atoms with E-state index in [1.54, 1.807) is 7.11 Å². The Hall–Kier alpha value is -4.30. The number of hydrogen-bond donors (Lipinski definition) is 1. The van der Waals surface area contributed by atoms with Crippen LogP contribution in [0.4, 0.5) is 0 Å². The topological polar surface area (TPSA) is 103 Å². The summed E-state index contributed by atoms with van der Waals surface area (Å²) < 4.78 is 59.7. The van der Waals surface area contributed by atoms with E-state index < -0.39 is 61.4 Å². The van der Waals surface area contributed by atoms with Crippen molar-refractivity contribution >= 4 is 0 Å². The zero-order chi connectivity index (χ0) is 39.9. The van der Waals surface area contributed by atoms with Crippen LogP contribution in [0.1, 0.15) is 34.7 Å². The first-order valence-corrected chi connectivity index (χ1v) is 20.0. The summed E-state index contributed by atoms with van der Waals surface area (Å²) in [5.74, 6) is 0. The zero-order valence-corrected chi connectivity index (χ0v) is 33.1. The van der Waals surface area contributed by atoms with Crippen molar-refractivity contribution in [3.63, 3.8) is 0 Å². The molecule has 2 heterocycles. The molecule has 0 unspecified atom stereocenters. The van der Waals surface area contributed by atoms with E-state index in [-0.39, 0.29) is 26.4 Å². The van der Waals surface area contributed by atoms with Crippen LogP contribution in [0.15, 0.2) is 152 Å². The van der Waals surface area contributed by atoms with Gasteiger partial charge in [0.15, 0.2) is 12.6 Å². The maximum Gasteiger partial charge on any atom is 0.187 e. The van der Waals surface area contributed by atoms with Crippen molar-refractivity contribution in [1.29, 1.82) is 0 Å². The Kier molecular flexibility index (Phi) is 15.6. The van der Waals surface area contributed by atoms with Crippen molar-refractivity contribution < 1.29 is 47.7 Å². The lowest BCUT2D eigenvalue weighted by Crippen LogP contribution is -2.65. The third-order valence-electron chi connectivity index (χ3n) is 10.4. The molecule has 2 fully saturated rings. The molecule has 58 heavy (non-hydrogen) atoms. The fourth-order valence-corrected chi connectivity index (χ4v) is 7.41. The number of aliphatic hydroxyl groups excluding tert-OH is 1. The molecular formula is C48H54O10. The van der Waals surface area contributed by atoms with E-state index in [2.05, 4.69) is 0 Å². The monoisotopic (exact) mass is 790 g/mol. The maximum atomic E-state index is 10.9. The molecule has 0 radical (unpaired) electrons. The molecule has 2 aliphatic rings. The summed E-state index contributed by atoms with van der Waals surface area (Å²) in [5, 5.41) is 10.9. The standard InChI is InChI=1S/C48H54O10/c1-34-41(51-29-35-18-8-3-9-19-35)43(52-30-36-20-10-4-11-21-36)46(55-33-39-26-16-7-17-27-39)48(56-34)58-42-40(28-49)57-47(50-2)45(54-32-38-24-14-6-15-25-38)44(42)53-31-37-22-12-5-13-23-37/h3-27,34,40-49H,28-33H2,1-2H3/t34-,40-,41+,42-,43+,44+,45-,46-,47+,48+/m1/s1. The van der Waals surface area contributed by atoms with Crippen molar-refractivity contribution in [2.24, 2.45) is 0 Å². The van der Waals surface area contributed by atoms with Gasteiger partial charge in [0.25, 0.3) is 0 Å². The molecule has 7 rings (SSSR count). The van der Waals surface area contributed by atoms with Crippen LogP contribution >= 0.6 is 0 Å². The molecular weight excluding hydrogens is 737 g/mol. The van der Waals surface area contributed by atoms with E-state index in [1.807, 2.05) is 159 Å². The second-order valence-electron chi connectivity index (χ2n) is 14.6. The smallest absolute Gasteiger partial charge is 0.187 e. The third kappa shape index (κ3) is 11.2. The van der Waals surface area contributed by atoms with E-state index >= 15 is 0 Å². The van der Waals surface area contributed by atoms with Crippen molar-refractivity contribution in [2.75, 3.05) is 13.7 Å². The number of methoxy groups -OCH3 is 1. The first-order chi connectivity index (χ1) is 28.6. The Labute approximate surface area is 341 Å². The molecule has 0 saturated carbocycles. The highest BCUT2D eigenvalue weighted by atomic mass is 16.8. The summed E-state index contributed by atoms with van der Waals surface area (Å²) >= 11 is 0. The van der Waals surface area contributed by atoms with Crippen LogP contribution in [0.25, 0.3) is 0 Å². The molecule has 10 heteroatoms. The molecule has 5 aromatic carbocycles. The molecule has 0 spiro atoms. The molecule has 10 nitrogen and oxygen atoms in total. The van der Waals surface area contributed by atoms with Gasteiger partial charge in [-0.25, -0.2) is 0 Å². The summed E-state index contributed by atoms with van der Waals surface area (Å²) in [4.78, 5) is 0. The number of benzene rings is 5. The summed E-state index contributed by atoms with van der Waals surface area (Å²) in [7, 11) is 1.55. The Balaban J connectivity index is 1.22. The lowest BCUT2D eigenvalue weighted by molar-refractivity contribution is -0.372. The molecule has 10 atom stereocenters. The van der Waals surface area contributed by atoms with Gasteiger partial charge in [-0.15, -0.1) is 0 Å². The molecule has 2 saturated heterocycles. The molecule has 5 aromatic rings. The number of aliphatic hydroxyl groups is 1. The summed E-state index contributed by atoms with van der Waals surface area (Å²) in [5.41, 5.74) is 4.93. The quantitative estimate of drug-likeness (QED) is 0.0911. The van der Waals surface area contributed by atoms with Gasteiger partial charge in [-0.1, -0.05) is 152 Å². The van der Waals surface area contributed by atoms with Crippen LogP contribution in [0.5, 0.6) is 0 Å². The minimum absolute atomic E-state index is 0.249. The van der Waals surface area contributed by atoms with Crippen LogP contribution in [0.3, 0.4) is 0 Å². The van der Waals surface area contributed by atoms with E-state index in [0.29, 0.717) is 13.2 Å². The molecule has 0 aliphatic carbocycles. The first-order valence-electron chi connectivity index (χ1n) is 20.0. The predicted octanol–water partition coefficient (Wildman–Crippen LogP) is 7.41. The zero-order valence-electron chi connectivity index (χ0n) is 33.1. The number of hydrogen-bond acceptors (Lipinski definition) is 10. The van der Waals surface area contributed by atoms with Crippen LogP contribution in [-0.4, -0.2) is 80.2 Å². The SMILES string of the molecule is CO[C@H]1O[C@H](CO)[C@@H](O[C@@H]2O[C@H](C)[C@H](OCc3ccccc3)[C@H](OCc3ccccc3)[C@H]2OCc2ccccc2)[C@H](OCc2ccccc2)[C@H]1OCc1ccccc1. The van der Waals surface area contributed by atoms with Gasteiger partial charge in [0, 0.05) is 7.11 Å². The molecule has 2 aliphatic heterocycles. The highest BCUT2D eigenvalue weighted by Gasteiger charge is 2.53. The highest BCUT2D eigenvalue weighted by molar-refractivity contribution is 5.17. The number of rotatable bonds is 19. The Bertz CT molecular complexity index is 1870. The summed E-state index contributed by atoms with van der Waals surface area (Å²) in [6, 6.07) is 49.7. The van der Waals surface area contributed by atoms with E-state index in [9.17, 15) is 5.11 Å². The van der Waals surface area contributed by atoms with Gasteiger partial charge in [0.1, 0.15) is 42.7 Å². The van der Waals surface area contributed by atoms with E-state index in [4.69, 9.17) is 42.6 Å². The second kappa shape index (κ2) is 21.6. The third-order valence-corrected chi connectivity index (χ3v) is 10.4. The Morgan fingerprint density at radius 3 is 1.10 bits per heavy atom. The van der Waals surface area contributed by atoms with Gasteiger partial charge in [-0.2, -0.15) is 0 Å². The molecule has 306 valence electrons. The summed E-state index contributed by atoms with van der Waals surface area (Å²) in [6.45, 7) is 3.00. The lowest BCUT2D eigenvalue weighted by Gasteiger charge is -2.49. The van der Waals surface area contributed by atoms with Crippen LogP contribution < -0.4 is 0 Å². The molecule has 0 aromatic heterocycles. The van der Waals surface area contributed by atoms with E-state index in [1.165, 1.54) is 0 Å². The Morgan fingerprint density at radius 1 is 0.414 bits per heavy atom. The minimum atomic E-state index is -1.00. The van der Waals surface area contributed by atoms with E-state index in [0.717, 1.165) is 27.8 Å². The fraction of sp³-hybridized carbons (Fsp3) is 0.375. The summed E-state index contributed by atoms with van der Waals surface area (Å²) in [6.07, 6.45) is -7.62. The average molecular weight is 791 g/mol. The predicted molar refractivity (Wildman–Crippen MR) is 217 cm³/mol. The largest absolute Gasteiger partial charge is 0.394 e. The van der Waals surface area contributed by atoms with Crippen molar-refractivity contribution in [3.8, 4) is 0 Å². The van der Waals surface area contributed by atoms with Gasteiger partial charge in [0.05, 0.1) is 45.7 Å². The van der Waals surface area contributed by atoms with Gasteiger partial charge >= 0.3 is 0 Å². The maximum absolute atomic E-state index is 10.9. The molecule has 0 amide bonds. The van der Waals surface area contributed by atoms with Crippen molar-refractivity contribution in [2.45, 2.75) is 101 Å². The second-order valence-corrected chi connectivity index (χ2v) is 14.6. The molecule has 1 N–H and O–H groups in total. The van der Waals surface area contributed by atoms with Crippen molar-refractivity contribution in [3.05, 3.63) is 179 Å². The number of ether oxygens (including phenoxy) is 9. The van der Waals surface area contributed by atoms with Gasteiger partial charge in [-0.05, 0) is 34.7 Å². The van der Waals surface area contributed by atoms with Crippen LogP contribution in [-0.2, 0) is 75.7 Å². The van der Waals surface area contributed by atoms with Gasteiger partial charge in [0.2, 0.25) is 0 Å². The lowest BCUT2D eigenvalue weighted by atomic mass is 9.96. The average Bonchev–Trinajstić information content (AvgIpc) is 3.28.